The molecule has 2 amide bonds. The van der Waals surface area contributed by atoms with Gasteiger partial charge in [0, 0.05) is 26.2 Å². The maximum atomic E-state index is 12.3. The highest BCUT2D eigenvalue weighted by molar-refractivity contribution is 7.20. The van der Waals surface area contributed by atoms with Crippen molar-refractivity contribution in [3.63, 3.8) is 0 Å². The van der Waals surface area contributed by atoms with Crippen LogP contribution in [0.25, 0.3) is 0 Å². The number of carbonyl (C=O) groups is 2. The normalized spacial score (nSPS) is 15.7. The molecule has 0 atom stereocenters. The van der Waals surface area contributed by atoms with Gasteiger partial charge in [0.2, 0.25) is 5.91 Å². The summed E-state index contributed by atoms with van der Waals surface area (Å²) >= 11 is 13.2. The van der Waals surface area contributed by atoms with Gasteiger partial charge in [-0.05, 0) is 32.4 Å². The minimum atomic E-state index is -0.515. The molecule has 0 radical (unpaired) electrons. The molecule has 0 unspecified atom stereocenters. The third kappa shape index (κ3) is 5.26. The minimum absolute atomic E-state index is 0.00907. The monoisotopic (exact) mass is 378 g/mol. The second-order valence-electron chi connectivity index (χ2n) is 6.37. The first kappa shape index (κ1) is 18.4. The Labute approximate surface area is 150 Å². The Morgan fingerprint density at radius 2 is 1.74 bits per heavy atom. The molecule has 5 nitrogen and oxygen atoms in total. The molecule has 1 aliphatic rings. The van der Waals surface area contributed by atoms with Crippen molar-refractivity contribution in [2.75, 3.05) is 26.2 Å². The Kier molecular flexibility index (Phi) is 5.81. The van der Waals surface area contributed by atoms with E-state index in [1.165, 1.54) is 11.3 Å². The lowest BCUT2D eigenvalue weighted by atomic mass is 10.2. The van der Waals surface area contributed by atoms with Crippen LogP contribution >= 0.6 is 34.5 Å². The second kappa shape index (κ2) is 7.28. The third-order valence-electron chi connectivity index (χ3n) is 3.35. The lowest BCUT2D eigenvalue weighted by Gasteiger charge is -2.35. The summed E-state index contributed by atoms with van der Waals surface area (Å²) < 4.78 is 6.47. The first-order valence-electron chi connectivity index (χ1n) is 7.35. The fourth-order valence-electron chi connectivity index (χ4n) is 2.23. The molecule has 2 rings (SSSR count). The molecule has 0 bridgehead atoms. The smallest absolute Gasteiger partial charge is 0.410 e. The number of ether oxygens (including phenoxy) is 1. The number of carbonyl (C=O) groups excluding carboxylic acids is 2. The average molecular weight is 379 g/mol. The second-order valence-corrected chi connectivity index (χ2v) is 8.66. The lowest BCUT2D eigenvalue weighted by Crippen LogP contribution is -2.51. The van der Waals surface area contributed by atoms with Crippen molar-refractivity contribution in [2.45, 2.75) is 32.8 Å². The highest BCUT2D eigenvalue weighted by atomic mass is 35.5. The van der Waals surface area contributed by atoms with E-state index in [1.54, 1.807) is 15.9 Å². The topological polar surface area (TPSA) is 49.9 Å². The van der Waals surface area contributed by atoms with E-state index in [0.717, 1.165) is 5.56 Å². The van der Waals surface area contributed by atoms with Crippen molar-refractivity contribution < 1.29 is 14.3 Å². The van der Waals surface area contributed by atoms with Crippen LogP contribution in [0.2, 0.25) is 8.67 Å². The molecule has 0 N–H and O–H groups in total. The van der Waals surface area contributed by atoms with Crippen LogP contribution in [0.15, 0.2) is 6.07 Å². The van der Waals surface area contributed by atoms with Crippen molar-refractivity contribution >= 4 is 46.5 Å². The van der Waals surface area contributed by atoms with Gasteiger partial charge in [-0.2, -0.15) is 0 Å². The van der Waals surface area contributed by atoms with Gasteiger partial charge in [0.15, 0.2) is 0 Å². The maximum absolute atomic E-state index is 12.3. The highest BCUT2D eigenvalue weighted by Gasteiger charge is 2.28. The van der Waals surface area contributed by atoms with E-state index in [0.29, 0.717) is 34.9 Å². The molecular weight excluding hydrogens is 359 g/mol. The molecule has 0 aromatic carbocycles. The largest absolute Gasteiger partial charge is 0.444 e. The molecule has 0 aliphatic carbocycles. The van der Waals surface area contributed by atoms with Crippen LogP contribution in [0.1, 0.15) is 26.3 Å². The van der Waals surface area contributed by atoms with E-state index in [1.807, 2.05) is 20.8 Å². The predicted octanol–water partition coefficient (Wildman–Crippen LogP) is 3.68. The predicted molar refractivity (Wildman–Crippen MR) is 92.4 cm³/mol. The van der Waals surface area contributed by atoms with Crippen molar-refractivity contribution in [3.05, 3.63) is 20.3 Å². The summed E-state index contributed by atoms with van der Waals surface area (Å²) in [5.74, 6) is -0.00907. The molecule has 1 saturated heterocycles. The molecule has 0 spiro atoms. The molecule has 2 heterocycles. The number of nitrogens with zero attached hydrogens (tertiary/aromatic N) is 2. The number of halogens is 2. The van der Waals surface area contributed by atoms with Crippen molar-refractivity contribution in [1.29, 1.82) is 0 Å². The molecule has 1 fully saturated rings. The van der Waals surface area contributed by atoms with Gasteiger partial charge >= 0.3 is 6.09 Å². The first-order chi connectivity index (χ1) is 10.7. The van der Waals surface area contributed by atoms with Crippen LogP contribution in [0.5, 0.6) is 0 Å². The molecule has 1 aliphatic heterocycles. The molecule has 128 valence electrons. The summed E-state index contributed by atoms with van der Waals surface area (Å²) in [7, 11) is 0. The summed E-state index contributed by atoms with van der Waals surface area (Å²) in [6.45, 7) is 7.43. The van der Waals surface area contributed by atoms with Gasteiger partial charge in [-0.1, -0.05) is 23.2 Å². The number of hydrogen-bond donors (Lipinski definition) is 0. The fraction of sp³-hybridized carbons (Fsp3) is 0.600. The average Bonchev–Trinajstić information content (AvgIpc) is 2.75. The summed E-state index contributed by atoms with van der Waals surface area (Å²) in [5, 5.41) is 0. The van der Waals surface area contributed by atoms with Crippen LogP contribution in [-0.4, -0.2) is 53.6 Å². The summed E-state index contributed by atoms with van der Waals surface area (Å²) in [6.07, 6.45) is -0.105. The van der Waals surface area contributed by atoms with Crippen molar-refractivity contribution in [2.24, 2.45) is 0 Å². The zero-order valence-corrected chi connectivity index (χ0v) is 15.7. The van der Waals surface area contributed by atoms with E-state index < -0.39 is 5.60 Å². The minimum Gasteiger partial charge on any atom is -0.444 e. The van der Waals surface area contributed by atoms with Gasteiger partial charge in [-0.15, -0.1) is 11.3 Å². The number of rotatable bonds is 2. The van der Waals surface area contributed by atoms with Crippen molar-refractivity contribution in [1.82, 2.24) is 9.80 Å². The Morgan fingerprint density at radius 1 is 1.17 bits per heavy atom. The van der Waals surface area contributed by atoms with Crippen LogP contribution in [0, 0.1) is 0 Å². The Bertz CT molecular complexity index is 590. The third-order valence-corrected chi connectivity index (χ3v) is 4.92. The first-order valence-corrected chi connectivity index (χ1v) is 8.92. The van der Waals surface area contributed by atoms with E-state index in [9.17, 15) is 9.59 Å². The van der Waals surface area contributed by atoms with Gasteiger partial charge in [0.1, 0.15) is 5.60 Å². The van der Waals surface area contributed by atoms with Crippen LogP contribution in [0.3, 0.4) is 0 Å². The lowest BCUT2D eigenvalue weighted by molar-refractivity contribution is -0.132. The maximum Gasteiger partial charge on any atom is 0.410 e. The van der Waals surface area contributed by atoms with E-state index in [4.69, 9.17) is 27.9 Å². The standard InChI is InChI=1S/C15H20Cl2N2O3S/c1-15(2,3)22-14(21)19-6-4-18(5-7-19)12(20)9-10-8-11(16)23-13(10)17/h8H,4-7,9H2,1-3H3. The van der Waals surface area contributed by atoms with Gasteiger partial charge in [-0.3, -0.25) is 4.79 Å². The van der Waals surface area contributed by atoms with Crippen molar-refractivity contribution in [3.8, 4) is 0 Å². The van der Waals surface area contributed by atoms with Crippen LogP contribution in [0.4, 0.5) is 4.79 Å². The highest BCUT2D eigenvalue weighted by Crippen LogP contribution is 2.31. The molecule has 1 aromatic rings. The Balaban J connectivity index is 1.85. The molecule has 1 aromatic heterocycles. The summed E-state index contributed by atoms with van der Waals surface area (Å²) in [6, 6.07) is 1.73. The van der Waals surface area contributed by atoms with E-state index in [-0.39, 0.29) is 18.4 Å². The molecular formula is C15H20Cl2N2O3S. The Morgan fingerprint density at radius 3 is 2.22 bits per heavy atom. The van der Waals surface area contributed by atoms with Crippen LogP contribution < -0.4 is 0 Å². The summed E-state index contributed by atoms with van der Waals surface area (Å²) in [5.41, 5.74) is 0.236. The molecule has 8 heteroatoms. The van der Waals surface area contributed by atoms with Crippen LogP contribution in [-0.2, 0) is 16.0 Å². The zero-order chi connectivity index (χ0) is 17.2. The van der Waals surface area contributed by atoms with Gasteiger partial charge in [0.05, 0.1) is 15.1 Å². The van der Waals surface area contributed by atoms with Gasteiger partial charge < -0.3 is 14.5 Å². The molecule has 0 saturated carbocycles. The van der Waals surface area contributed by atoms with Gasteiger partial charge in [-0.25, -0.2) is 4.79 Å². The quantitative estimate of drug-likeness (QED) is 0.788. The SMILES string of the molecule is CC(C)(C)OC(=O)N1CCN(C(=O)Cc2cc(Cl)sc2Cl)CC1. The van der Waals surface area contributed by atoms with E-state index in [2.05, 4.69) is 0 Å². The Hall–Kier alpha value is -0.980. The number of amides is 2. The molecule has 23 heavy (non-hydrogen) atoms. The van der Waals surface area contributed by atoms with E-state index >= 15 is 0 Å². The number of thiophene rings is 1. The fourth-order valence-corrected chi connectivity index (χ4v) is 3.72. The van der Waals surface area contributed by atoms with Gasteiger partial charge in [0.25, 0.3) is 0 Å². The zero-order valence-electron chi connectivity index (χ0n) is 13.4. The number of hydrogen-bond acceptors (Lipinski definition) is 4. The summed E-state index contributed by atoms with van der Waals surface area (Å²) in [4.78, 5) is 27.7. The number of piperazine rings is 1.